The number of carbonyl (C=O) groups is 1. The van der Waals surface area contributed by atoms with E-state index in [1.165, 1.54) is 0 Å². The Kier molecular flexibility index (Phi) is 6.43. The Labute approximate surface area is 122 Å². The quantitative estimate of drug-likeness (QED) is 0.763. The first kappa shape index (κ1) is 17.4. The highest BCUT2D eigenvalue weighted by Crippen LogP contribution is 2.23. The molecule has 0 aliphatic carbocycles. The summed E-state index contributed by atoms with van der Waals surface area (Å²) in [6.07, 6.45) is 1.17. The third kappa shape index (κ3) is 5.38. The van der Waals surface area contributed by atoms with Crippen molar-refractivity contribution in [2.45, 2.75) is 52.2 Å². The summed E-state index contributed by atoms with van der Waals surface area (Å²) in [5, 5.41) is 9.29. The average Bonchev–Trinajstić information content (AvgIpc) is 2.35. The van der Waals surface area contributed by atoms with Crippen molar-refractivity contribution in [2.24, 2.45) is 17.6 Å². The summed E-state index contributed by atoms with van der Waals surface area (Å²) in [6.45, 7) is 9.71. The number of carbonyl (C=O) groups excluding carboxylic acids is 1. The molecule has 1 aliphatic heterocycles. The molecule has 0 aromatic rings. The lowest BCUT2D eigenvalue weighted by atomic mass is 9.93. The van der Waals surface area contributed by atoms with Gasteiger partial charge in [0.15, 0.2) is 0 Å². The SMILES string of the molecule is CC(C)C[C@H](CN)CC(=O)N1CC(CO)OC(C)(C)C1. The molecule has 20 heavy (non-hydrogen) atoms. The molecule has 1 rings (SSSR count). The largest absolute Gasteiger partial charge is 0.394 e. The van der Waals surface area contributed by atoms with Gasteiger partial charge in [-0.15, -0.1) is 0 Å². The van der Waals surface area contributed by atoms with Gasteiger partial charge in [0.2, 0.25) is 5.91 Å². The van der Waals surface area contributed by atoms with Gasteiger partial charge >= 0.3 is 0 Å². The van der Waals surface area contributed by atoms with E-state index in [4.69, 9.17) is 10.5 Å². The monoisotopic (exact) mass is 286 g/mol. The van der Waals surface area contributed by atoms with Gasteiger partial charge in [0.25, 0.3) is 0 Å². The molecule has 5 heteroatoms. The highest BCUT2D eigenvalue weighted by molar-refractivity contribution is 5.76. The van der Waals surface area contributed by atoms with E-state index in [2.05, 4.69) is 13.8 Å². The smallest absolute Gasteiger partial charge is 0.223 e. The van der Waals surface area contributed by atoms with Gasteiger partial charge in [0.05, 0.1) is 18.3 Å². The second-order valence-electron chi connectivity index (χ2n) is 6.89. The minimum absolute atomic E-state index is 0.0560. The van der Waals surface area contributed by atoms with Crippen molar-refractivity contribution in [1.29, 1.82) is 0 Å². The summed E-state index contributed by atoms with van der Waals surface area (Å²) in [7, 11) is 0. The standard InChI is InChI=1S/C15H30N2O3/c1-11(2)5-12(7-16)6-14(19)17-8-13(9-18)20-15(3,4)10-17/h11-13,18H,5-10,16H2,1-4H3/t12-,13?/m0/s1. The van der Waals surface area contributed by atoms with E-state index in [1.807, 2.05) is 18.7 Å². The van der Waals surface area contributed by atoms with Gasteiger partial charge in [-0.05, 0) is 38.6 Å². The molecule has 1 unspecified atom stereocenters. The number of rotatable bonds is 6. The Balaban J connectivity index is 2.61. The zero-order chi connectivity index (χ0) is 15.3. The molecule has 2 atom stereocenters. The number of hydrogen-bond donors (Lipinski definition) is 2. The van der Waals surface area contributed by atoms with Crippen LogP contribution in [0.25, 0.3) is 0 Å². The number of aliphatic hydroxyl groups is 1. The molecule has 0 aromatic heterocycles. The van der Waals surface area contributed by atoms with Gasteiger partial charge in [-0.2, -0.15) is 0 Å². The topological polar surface area (TPSA) is 75.8 Å². The first-order chi connectivity index (χ1) is 9.27. The number of nitrogens with zero attached hydrogens (tertiary/aromatic N) is 1. The Bertz CT molecular complexity index is 318. The highest BCUT2D eigenvalue weighted by Gasteiger charge is 2.35. The third-order valence-electron chi connectivity index (χ3n) is 3.64. The lowest BCUT2D eigenvalue weighted by Crippen LogP contribution is -2.55. The normalized spacial score (nSPS) is 23.9. The number of morpholine rings is 1. The molecule has 0 spiro atoms. The molecule has 1 aliphatic rings. The fourth-order valence-corrected chi connectivity index (χ4v) is 2.89. The van der Waals surface area contributed by atoms with Gasteiger partial charge in [-0.3, -0.25) is 4.79 Å². The maximum absolute atomic E-state index is 12.4. The van der Waals surface area contributed by atoms with Crippen molar-refractivity contribution >= 4 is 5.91 Å². The Morgan fingerprint density at radius 3 is 2.65 bits per heavy atom. The van der Waals surface area contributed by atoms with Crippen molar-refractivity contribution in [1.82, 2.24) is 4.90 Å². The molecule has 1 fully saturated rings. The van der Waals surface area contributed by atoms with Crippen LogP contribution in [0.2, 0.25) is 0 Å². The molecular formula is C15H30N2O3. The van der Waals surface area contributed by atoms with Gasteiger partial charge in [-0.1, -0.05) is 13.8 Å². The molecule has 1 saturated heterocycles. The highest BCUT2D eigenvalue weighted by atomic mass is 16.5. The Morgan fingerprint density at radius 2 is 2.15 bits per heavy atom. The van der Waals surface area contributed by atoms with E-state index in [0.29, 0.717) is 32.0 Å². The lowest BCUT2D eigenvalue weighted by Gasteiger charge is -2.42. The van der Waals surface area contributed by atoms with Crippen molar-refractivity contribution in [3.8, 4) is 0 Å². The van der Waals surface area contributed by atoms with Gasteiger partial charge in [0.1, 0.15) is 0 Å². The average molecular weight is 286 g/mol. The molecule has 118 valence electrons. The number of amides is 1. The first-order valence-corrected chi connectivity index (χ1v) is 7.54. The molecule has 0 bridgehead atoms. The Hall–Kier alpha value is -0.650. The summed E-state index contributed by atoms with van der Waals surface area (Å²) < 4.78 is 5.73. The van der Waals surface area contributed by atoms with Crippen LogP contribution in [0.3, 0.4) is 0 Å². The zero-order valence-corrected chi connectivity index (χ0v) is 13.3. The van der Waals surface area contributed by atoms with Gasteiger partial charge in [0, 0.05) is 19.5 Å². The maximum atomic E-state index is 12.4. The second kappa shape index (κ2) is 7.38. The van der Waals surface area contributed by atoms with E-state index < -0.39 is 5.60 Å². The van der Waals surface area contributed by atoms with E-state index >= 15 is 0 Å². The second-order valence-corrected chi connectivity index (χ2v) is 6.89. The summed E-state index contributed by atoms with van der Waals surface area (Å²) in [6, 6.07) is 0. The number of nitrogens with two attached hydrogens (primary N) is 1. The van der Waals surface area contributed by atoms with Crippen molar-refractivity contribution in [3.63, 3.8) is 0 Å². The summed E-state index contributed by atoms with van der Waals surface area (Å²) in [5.74, 6) is 0.902. The Morgan fingerprint density at radius 1 is 1.50 bits per heavy atom. The van der Waals surface area contributed by atoms with E-state index in [1.54, 1.807) is 0 Å². The van der Waals surface area contributed by atoms with Crippen LogP contribution >= 0.6 is 0 Å². The van der Waals surface area contributed by atoms with E-state index in [9.17, 15) is 9.90 Å². The fourth-order valence-electron chi connectivity index (χ4n) is 2.89. The van der Waals surface area contributed by atoms with Crippen LogP contribution in [0.4, 0.5) is 0 Å². The predicted octanol–water partition coefficient (Wildman–Crippen LogP) is 0.996. The van der Waals surface area contributed by atoms with Crippen molar-refractivity contribution in [3.05, 3.63) is 0 Å². The first-order valence-electron chi connectivity index (χ1n) is 7.54. The zero-order valence-electron chi connectivity index (χ0n) is 13.3. The van der Waals surface area contributed by atoms with Gasteiger partial charge in [-0.25, -0.2) is 0 Å². The lowest BCUT2D eigenvalue weighted by molar-refractivity contribution is -0.167. The van der Waals surface area contributed by atoms with Crippen LogP contribution in [0, 0.1) is 11.8 Å². The third-order valence-corrected chi connectivity index (χ3v) is 3.64. The molecule has 1 heterocycles. The molecule has 5 nitrogen and oxygen atoms in total. The van der Waals surface area contributed by atoms with Crippen molar-refractivity contribution < 1.29 is 14.6 Å². The maximum Gasteiger partial charge on any atom is 0.223 e. The van der Waals surface area contributed by atoms with Crippen LogP contribution in [0.5, 0.6) is 0 Å². The summed E-state index contributed by atoms with van der Waals surface area (Å²) in [5.41, 5.74) is 5.37. The fraction of sp³-hybridized carbons (Fsp3) is 0.933. The number of ether oxygens (including phenoxy) is 1. The van der Waals surface area contributed by atoms with Crippen LogP contribution in [0.1, 0.15) is 40.5 Å². The minimum atomic E-state index is -0.405. The molecule has 0 aromatic carbocycles. The molecule has 0 saturated carbocycles. The molecule has 0 radical (unpaired) electrons. The number of hydrogen-bond acceptors (Lipinski definition) is 4. The minimum Gasteiger partial charge on any atom is -0.394 e. The van der Waals surface area contributed by atoms with Crippen LogP contribution in [0.15, 0.2) is 0 Å². The van der Waals surface area contributed by atoms with Crippen LogP contribution < -0.4 is 5.73 Å². The molecule has 3 N–H and O–H groups in total. The van der Waals surface area contributed by atoms with Crippen molar-refractivity contribution in [2.75, 3.05) is 26.2 Å². The predicted molar refractivity (Wildman–Crippen MR) is 79.2 cm³/mol. The molecular weight excluding hydrogens is 256 g/mol. The summed E-state index contributed by atoms with van der Waals surface area (Å²) >= 11 is 0. The van der Waals surface area contributed by atoms with Gasteiger partial charge < -0.3 is 20.5 Å². The van der Waals surface area contributed by atoms with Crippen LogP contribution in [-0.4, -0.2) is 53.9 Å². The van der Waals surface area contributed by atoms with Crippen LogP contribution in [-0.2, 0) is 9.53 Å². The molecule has 1 amide bonds. The summed E-state index contributed by atoms with van der Waals surface area (Å²) in [4.78, 5) is 14.2. The van der Waals surface area contributed by atoms with E-state index in [0.717, 1.165) is 6.42 Å². The van der Waals surface area contributed by atoms with E-state index in [-0.39, 0.29) is 24.5 Å². The number of aliphatic hydroxyl groups excluding tert-OH is 1.